The second-order valence-corrected chi connectivity index (χ2v) is 6.16. The summed E-state index contributed by atoms with van der Waals surface area (Å²) in [5.74, 6) is 0.489. The van der Waals surface area contributed by atoms with Gasteiger partial charge in [0.15, 0.2) is 0 Å². The van der Waals surface area contributed by atoms with Crippen LogP contribution in [-0.4, -0.2) is 0 Å². The van der Waals surface area contributed by atoms with Crippen LogP contribution in [0.4, 0.5) is 4.39 Å². The molecule has 0 amide bonds. The molecule has 0 radical (unpaired) electrons. The van der Waals surface area contributed by atoms with E-state index < -0.39 is 0 Å². The van der Waals surface area contributed by atoms with Gasteiger partial charge < -0.3 is 5.73 Å². The summed E-state index contributed by atoms with van der Waals surface area (Å²) < 4.78 is 13.9. The van der Waals surface area contributed by atoms with Crippen molar-refractivity contribution in [1.29, 1.82) is 0 Å². The van der Waals surface area contributed by atoms with Crippen molar-refractivity contribution < 1.29 is 4.39 Å². The van der Waals surface area contributed by atoms with E-state index in [1.165, 1.54) is 17.7 Å². The SMILES string of the molecule is Cc1ccc(-c2ccc(C(N)C3CC3)s2)c(F)c1. The molecule has 0 saturated heterocycles. The standard InChI is InChI=1S/C15H16FNS/c1-9-2-5-11(12(16)8-9)13-6-7-14(18-13)15(17)10-3-4-10/h2,5-8,10,15H,3-4,17H2,1H3. The van der Waals surface area contributed by atoms with Crippen molar-refractivity contribution in [3.8, 4) is 10.4 Å². The first kappa shape index (κ1) is 11.9. The van der Waals surface area contributed by atoms with E-state index in [1.54, 1.807) is 17.4 Å². The van der Waals surface area contributed by atoms with Gasteiger partial charge in [0, 0.05) is 21.4 Å². The van der Waals surface area contributed by atoms with E-state index in [9.17, 15) is 4.39 Å². The maximum atomic E-state index is 13.9. The van der Waals surface area contributed by atoms with Gasteiger partial charge in [0.25, 0.3) is 0 Å². The molecule has 0 bridgehead atoms. The summed E-state index contributed by atoms with van der Waals surface area (Å²) in [4.78, 5) is 2.14. The van der Waals surface area contributed by atoms with E-state index in [0.29, 0.717) is 11.5 Å². The van der Waals surface area contributed by atoms with Crippen LogP contribution in [0.1, 0.15) is 29.3 Å². The molecule has 3 heteroatoms. The van der Waals surface area contributed by atoms with Crippen LogP contribution in [0.25, 0.3) is 10.4 Å². The Hall–Kier alpha value is -1.19. The molecule has 1 aromatic heterocycles. The molecule has 2 aromatic rings. The number of hydrogen-bond acceptors (Lipinski definition) is 2. The highest BCUT2D eigenvalue weighted by molar-refractivity contribution is 7.15. The fourth-order valence-electron chi connectivity index (χ4n) is 2.18. The molecule has 1 nitrogen and oxygen atoms in total. The molecule has 0 aliphatic heterocycles. The average Bonchev–Trinajstić information content (AvgIpc) is 3.07. The van der Waals surface area contributed by atoms with Gasteiger partial charge in [-0.05, 0) is 49.4 Å². The summed E-state index contributed by atoms with van der Waals surface area (Å²) in [6, 6.07) is 9.53. The topological polar surface area (TPSA) is 26.0 Å². The molecule has 2 N–H and O–H groups in total. The largest absolute Gasteiger partial charge is 0.323 e. The Bertz CT molecular complexity index is 572. The number of hydrogen-bond donors (Lipinski definition) is 1. The summed E-state index contributed by atoms with van der Waals surface area (Å²) >= 11 is 1.62. The van der Waals surface area contributed by atoms with E-state index in [4.69, 9.17) is 5.73 Å². The quantitative estimate of drug-likeness (QED) is 0.877. The Balaban J connectivity index is 1.92. The summed E-state index contributed by atoms with van der Waals surface area (Å²) in [5, 5.41) is 0. The maximum Gasteiger partial charge on any atom is 0.132 e. The number of benzene rings is 1. The third-order valence-corrected chi connectivity index (χ3v) is 4.70. The lowest BCUT2D eigenvalue weighted by molar-refractivity contribution is 0.630. The Morgan fingerprint density at radius 2 is 2.06 bits per heavy atom. The van der Waals surface area contributed by atoms with Gasteiger partial charge in [0.1, 0.15) is 5.82 Å². The summed E-state index contributed by atoms with van der Waals surface area (Å²) in [5.41, 5.74) is 7.80. The number of rotatable bonds is 3. The molecule has 1 aliphatic carbocycles. The average molecular weight is 261 g/mol. The van der Waals surface area contributed by atoms with E-state index in [1.807, 2.05) is 31.2 Å². The molecule has 1 aliphatic rings. The van der Waals surface area contributed by atoms with Gasteiger partial charge in [-0.3, -0.25) is 0 Å². The molecule has 0 spiro atoms. The molecule has 1 unspecified atom stereocenters. The van der Waals surface area contributed by atoms with E-state index in [2.05, 4.69) is 0 Å². The molecule has 1 heterocycles. The smallest absolute Gasteiger partial charge is 0.132 e. The van der Waals surface area contributed by atoms with Crippen LogP contribution in [0.5, 0.6) is 0 Å². The maximum absolute atomic E-state index is 13.9. The Morgan fingerprint density at radius 1 is 1.28 bits per heavy atom. The second kappa shape index (κ2) is 4.48. The van der Waals surface area contributed by atoms with Gasteiger partial charge in [0.05, 0.1) is 0 Å². The zero-order valence-electron chi connectivity index (χ0n) is 10.3. The van der Waals surface area contributed by atoms with Crippen LogP contribution in [0.2, 0.25) is 0 Å². The molecule has 1 atom stereocenters. The van der Waals surface area contributed by atoms with Gasteiger partial charge in [-0.2, -0.15) is 0 Å². The minimum Gasteiger partial charge on any atom is -0.323 e. The molecule has 18 heavy (non-hydrogen) atoms. The van der Waals surface area contributed by atoms with Gasteiger partial charge in [0.2, 0.25) is 0 Å². The predicted molar refractivity (Wildman–Crippen MR) is 74.1 cm³/mol. The van der Waals surface area contributed by atoms with E-state index >= 15 is 0 Å². The first-order valence-corrected chi connectivity index (χ1v) is 7.08. The van der Waals surface area contributed by atoms with Crippen molar-refractivity contribution in [1.82, 2.24) is 0 Å². The first-order valence-electron chi connectivity index (χ1n) is 6.27. The van der Waals surface area contributed by atoms with Crippen molar-refractivity contribution in [2.75, 3.05) is 0 Å². The third kappa shape index (κ3) is 2.20. The predicted octanol–water partition coefficient (Wildman–Crippen LogP) is 4.27. The normalized spacial score (nSPS) is 16.8. The number of halogens is 1. The van der Waals surface area contributed by atoms with Crippen LogP contribution in [0.15, 0.2) is 30.3 Å². The zero-order chi connectivity index (χ0) is 12.7. The fraction of sp³-hybridized carbons (Fsp3) is 0.333. The highest BCUT2D eigenvalue weighted by atomic mass is 32.1. The minimum atomic E-state index is -0.150. The second-order valence-electron chi connectivity index (χ2n) is 5.05. The summed E-state index contributed by atoms with van der Waals surface area (Å²) in [6.45, 7) is 1.90. The van der Waals surface area contributed by atoms with Crippen LogP contribution in [-0.2, 0) is 0 Å². The van der Waals surface area contributed by atoms with Crippen molar-refractivity contribution in [2.45, 2.75) is 25.8 Å². The van der Waals surface area contributed by atoms with E-state index in [0.717, 1.165) is 10.4 Å². The monoisotopic (exact) mass is 261 g/mol. The Labute approximate surface area is 110 Å². The van der Waals surface area contributed by atoms with Crippen molar-refractivity contribution >= 4 is 11.3 Å². The number of aryl methyl sites for hydroxylation is 1. The molecule has 1 saturated carbocycles. The van der Waals surface area contributed by atoms with E-state index in [-0.39, 0.29) is 11.9 Å². The van der Waals surface area contributed by atoms with Crippen molar-refractivity contribution in [2.24, 2.45) is 11.7 Å². The Morgan fingerprint density at radius 3 is 2.72 bits per heavy atom. The lowest BCUT2D eigenvalue weighted by atomic mass is 10.1. The molecule has 1 aromatic carbocycles. The molecular weight excluding hydrogens is 245 g/mol. The number of thiophene rings is 1. The molecular formula is C15H16FNS. The lowest BCUT2D eigenvalue weighted by Crippen LogP contribution is -2.10. The lowest BCUT2D eigenvalue weighted by Gasteiger charge is -2.06. The van der Waals surface area contributed by atoms with Crippen LogP contribution in [0.3, 0.4) is 0 Å². The fourth-order valence-corrected chi connectivity index (χ4v) is 3.31. The minimum absolute atomic E-state index is 0.136. The highest BCUT2D eigenvalue weighted by Crippen LogP contribution is 2.43. The summed E-state index contributed by atoms with van der Waals surface area (Å²) in [6.07, 6.45) is 2.46. The van der Waals surface area contributed by atoms with Gasteiger partial charge >= 0.3 is 0 Å². The Kier molecular flexibility index (Phi) is 2.96. The van der Waals surface area contributed by atoms with Crippen LogP contribution < -0.4 is 5.73 Å². The zero-order valence-corrected chi connectivity index (χ0v) is 11.1. The van der Waals surface area contributed by atoms with Crippen LogP contribution >= 0.6 is 11.3 Å². The molecule has 1 fully saturated rings. The number of nitrogens with two attached hydrogens (primary N) is 1. The molecule has 3 rings (SSSR count). The van der Waals surface area contributed by atoms with Crippen molar-refractivity contribution in [3.05, 3.63) is 46.6 Å². The van der Waals surface area contributed by atoms with Gasteiger partial charge in [-0.1, -0.05) is 12.1 Å². The van der Waals surface area contributed by atoms with Crippen molar-refractivity contribution in [3.63, 3.8) is 0 Å². The summed E-state index contributed by atoms with van der Waals surface area (Å²) in [7, 11) is 0. The first-order chi connectivity index (χ1) is 8.65. The molecule has 94 valence electrons. The third-order valence-electron chi connectivity index (χ3n) is 3.48. The van der Waals surface area contributed by atoms with Gasteiger partial charge in [-0.15, -0.1) is 11.3 Å². The highest BCUT2D eigenvalue weighted by Gasteiger charge is 2.30. The van der Waals surface area contributed by atoms with Gasteiger partial charge in [-0.25, -0.2) is 4.39 Å². The van der Waals surface area contributed by atoms with Crippen LogP contribution in [0, 0.1) is 18.7 Å².